The van der Waals surface area contributed by atoms with Gasteiger partial charge in [-0.1, -0.05) is 34.8 Å². The van der Waals surface area contributed by atoms with E-state index in [1.165, 1.54) is 12.1 Å². The first-order chi connectivity index (χ1) is 12.2. The van der Waals surface area contributed by atoms with Crippen LogP contribution in [0.2, 0.25) is 15.1 Å². The molecule has 0 aromatic heterocycles. The summed E-state index contributed by atoms with van der Waals surface area (Å²) in [6, 6.07) is 8.03. The zero-order valence-electron chi connectivity index (χ0n) is 13.7. The third kappa shape index (κ3) is 5.72. The van der Waals surface area contributed by atoms with Gasteiger partial charge in [0, 0.05) is 5.56 Å². The highest BCUT2D eigenvalue weighted by Gasteiger charge is 2.13. The van der Waals surface area contributed by atoms with Gasteiger partial charge in [-0.05, 0) is 72.3 Å². The van der Waals surface area contributed by atoms with Gasteiger partial charge in [0.25, 0.3) is 5.91 Å². The Kier molecular flexibility index (Phi) is 7.55. The minimum absolute atomic E-state index is 0.0266. The number of amides is 1. The zero-order chi connectivity index (χ0) is 19.4. The lowest BCUT2D eigenvalue weighted by molar-refractivity contribution is 0.0977. The molecule has 26 heavy (non-hydrogen) atoms. The number of carbonyl (C=O) groups excluding carboxylic acids is 1. The number of halogens is 4. The van der Waals surface area contributed by atoms with E-state index in [1.807, 2.05) is 13.8 Å². The molecule has 0 radical (unpaired) electrons. The van der Waals surface area contributed by atoms with Crippen LogP contribution in [0, 0.1) is 0 Å². The molecule has 4 nitrogen and oxygen atoms in total. The van der Waals surface area contributed by atoms with Crippen molar-refractivity contribution in [1.29, 1.82) is 0 Å². The molecule has 2 rings (SSSR count). The Morgan fingerprint density at radius 3 is 2.38 bits per heavy atom. The number of carbonyl (C=O) groups is 1. The maximum Gasteiger partial charge on any atom is 0.257 e. The van der Waals surface area contributed by atoms with E-state index < -0.39 is 0 Å². The van der Waals surface area contributed by atoms with Crippen molar-refractivity contribution in [3.05, 3.63) is 55.4 Å². The number of rotatable bonds is 4. The average molecular weight is 497 g/mol. The van der Waals surface area contributed by atoms with Crippen LogP contribution in [0.3, 0.4) is 0 Å². The molecule has 0 aliphatic carbocycles. The van der Waals surface area contributed by atoms with Crippen molar-refractivity contribution in [3.8, 4) is 5.75 Å². The molecule has 0 unspecified atom stereocenters. The number of thiocarbonyl (C=S) groups is 1. The van der Waals surface area contributed by atoms with E-state index in [0.717, 1.165) is 0 Å². The molecule has 9 heteroatoms. The number of ether oxygens (including phenoxy) is 1. The second-order valence-electron chi connectivity index (χ2n) is 5.47. The summed E-state index contributed by atoms with van der Waals surface area (Å²) in [6.45, 7) is 3.84. The number of anilines is 1. The highest BCUT2D eigenvalue weighted by atomic mass is 79.9. The first-order valence-electron chi connectivity index (χ1n) is 7.40. The van der Waals surface area contributed by atoms with Crippen molar-refractivity contribution >= 4 is 79.7 Å². The Morgan fingerprint density at radius 1 is 1.12 bits per heavy atom. The summed E-state index contributed by atoms with van der Waals surface area (Å²) in [7, 11) is 0. The third-order valence-electron chi connectivity index (χ3n) is 3.04. The molecular formula is C17H14BrCl3N2O2S. The minimum Gasteiger partial charge on any atom is -0.490 e. The Balaban J connectivity index is 2.06. The molecule has 1 amide bonds. The summed E-state index contributed by atoms with van der Waals surface area (Å²) in [5.41, 5.74) is 0.852. The highest BCUT2D eigenvalue weighted by molar-refractivity contribution is 9.10. The van der Waals surface area contributed by atoms with Gasteiger partial charge in [-0.25, -0.2) is 0 Å². The molecule has 138 valence electrons. The topological polar surface area (TPSA) is 50.4 Å². The smallest absolute Gasteiger partial charge is 0.257 e. The van der Waals surface area contributed by atoms with Crippen LogP contribution >= 0.6 is 63.0 Å². The Hall–Kier alpha value is -1.05. The van der Waals surface area contributed by atoms with Gasteiger partial charge in [-0.2, -0.15) is 0 Å². The SMILES string of the molecule is CC(C)Oc1ccc(C(=O)NC(=S)Nc2cc(Cl)c(Cl)cc2Cl)cc1Br. The van der Waals surface area contributed by atoms with Crippen molar-refractivity contribution in [2.24, 2.45) is 0 Å². The lowest BCUT2D eigenvalue weighted by atomic mass is 10.2. The van der Waals surface area contributed by atoms with Gasteiger partial charge in [0.15, 0.2) is 5.11 Å². The monoisotopic (exact) mass is 494 g/mol. The molecule has 0 bridgehead atoms. The molecule has 0 spiro atoms. The summed E-state index contributed by atoms with van der Waals surface area (Å²) < 4.78 is 6.29. The van der Waals surface area contributed by atoms with Crippen molar-refractivity contribution in [3.63, 3.8) is 0 Å². The second kappa shape index (κ2) is 9.24. The number of hydrogen-bond donors (Lipinski definition) is 2. The van der Waals surface area contributed by atoms with E-state index >= 15 is 0 Å². The van der Waals surface area contributed by atoms with E-state index in [1.54, 1.807) is 18.2 Å². The van der Waals surface area contributed by atoms with Gasteiger partial charge in [-0.15, -0.1) is 0 Å². The lowest BCUT2D eigenvalue weighted by Gasteiger charge is -2.14. The van der Waals surface area contributed by atoms with E-state index in [-0.39, 0.29) is 17.1 Å². The first-order valence-corrected chi connectivity index (χ1v) is 9.74. The summed E-state index contributed by atoms with van der Waals surface area (Å²) >= 11 is 26.5. The van der Waals surface area contributed by atoms with Gasteiger partial charge in [0.05, 0.1) is 31.3 Å². The minimum atomic E-state index is -0.379. The van der Waals surface area contributed by atoms with Gasteiger partial charge >= 0.3 is 0 Å². The Labute approximate surface area is 180 Å². The fraction of sp³-hybridized carbons (Fsp3) is 0.176. The second-order valence-corrected chi connectivity index (χ2v) is 7.95. The van der Waals surface area contributed by atoms with Crippen LogP contribution in [0.5, 0.6) is 5.75 Å². The molecule has 2 aromatic carbocycles. The van der Waals surface area contributed by atoms with Crippen LogP contribution < -0.4 is 15.4 Å². The molecule has 0 atom stereocenters. The van der Waals surface area contributed by atoms with Crippen molar-refractivity contribution < 1.29 is 9.53 Å². The molecule has 0 aliphatic rings. The van der Waals surface area contributed by atoms with E-state index in [2.05, 4.69) is 26.6 Å². The van der Waals surface area contributed by atoms with Crippen LogP contribution in [0.15, 0.2) is 34.8 Å². The van der Waals surface area contributed by atoms with Gasteiger partial charge in [0.1, 0.15) is 5.75 Å². The standard InChI is InChI=1S/C17H14BrCl3N2O2S/c1-8(2)25-15-4-3-9(5-10(15)18)16(24)23-17(26)22-14-7-12(20)11(19)6-13(14)21/h3-8H,1-2H3,(H2,22,23,24,26). The van der Waals surface area contributed by atoms with Crippen molar-refractivity contribution in [1.82, 2.24) is 5.32 Å². The van der Waals surface area contributed by atoms with Gasteiger partial charge < -0.3 is 10.1 Å². The van der Waals surface area contributed by atoms with Crippen LogP contribution in [-0.2, 0) is 0 Å². The van der Waals surface area contributed by atoms with Crippen LogP contribution in [-0.4, -0.2) is 17.1 Å². The van der Waals surface area contributed by atoms with Gasteiger partial charge in [-0.3, -0.25) is 10.1 Å². The number of nitrogens with one attached hydrogen (secondary N) is 2. The largest absolute Gasteiger partial charge is 0.490 e. The molecule has 0 saturated carbocycles. The number of hydrogen-bond acceptors (Lipinski definition) is 3. The third-order valence-corrected chi connectivity index (χ3v) is 4.90. The van der Waals surface area contributed by atoms with Crippen molar-refractivity contribution in [2.75, 3.05) is 5.32 Å². The quantitative estimate of drug-likeness (QED) is 0.384. The van der Waals surface area contributed by atoms with E-state index in [0.29, 0.717) is 36.5 Å². The average Bonchev–Trinajstić information content (AvgIpc) is 2.54. The molecule has 0 aliphatic heterocycles. The lowest BCUT2D eigenvalue weighted by Crippen LogP contribution is -2.34. The van der Waals surface area contributed by atoms with Crippen LogP contribution in [0.1, 0.15) is 24.2 Å². The molecule has 0 saturated heterocycles. The number of benzene rings is 2. The predicted molar refractivity (Wildman–Crippen MR) is 115 cm³/mol. The fourth-order valence-electron chi connectivity index (χ4n) is 1.94. The molecular weight excluding hydrogens is 483 g/mol. The van der Waals surface area contributed by atoms with Gasteiger partial charge in [0.2, 0.25) is 0 Å². The molecule has 2 N–H and O–H groups in total. The summed E-state index contributed by atoms with van der Waals surface area (Å²) in [5, 5.41) is 6.44. The first kappa shape index (κ1) is 21.3. The van der Waals surface area contributed by atoms with E-state index in [9.17, 15) is 4.79 Å². The Bertz CT molecular complexity index is 862. The zero-order valence-corrected chi connectivity index (χ0v) is 18.4. The summed E-state index contributed by atoms with van der Waals surface area (Å²) in [4.78, 5) is 12.4. The molecule has 2 aromatic rings. The highest BCUT2D eigenvalue weighted by Crippen LogP contribution is 2.32. The van der Waals surface area contributed by atoms with Crippen LogP contribution in [0.4, 0.5) is 5.69 Å². The maximum absolute atomic E-state index is 12.4. The Morgan fingerprint density at radius 2 is 1.77 bits per heavy atom. The summed E-state index contributed by atoms with van der Waals surface area (Å²) in [5.74, 6) is 0.273. The molecule has 0 heterocycles. The molecule has 0 fully saturated rings. The van der Waals surface area contributed by atoms with E-state index in [4.69, 9.17) is 51.8 Å². The predicted octanol–water partition coefficient (Wildman–Crippen LogP) is 6.32. The fourth-order valence-corrected chi connectivity index (χ4v) is 3.21. The van der Waals surface area contributed by atoms with Crippen LogP contribution in [0.25, 0.3) is 0 Å². The normalized spacial score (nSPS) is 10.6. The van der Waals surface area contributed by atoms with Crippen molar-refractivity contribution in [2.45, 2.75) is 20.0 Å². The maximum atomic E-state index is 12.4. The summed E-state index contributed by atoms with van der Waals surface area (Å²) in [6.07, 6.45) is 0.0266.